The van der Waals surface area contributed by atoms with Crippen molar-refractivity contribution >= 4 is 27.5 Å². The van der Waals surface area contributed by atoms with Gasteiger partial charge in [-0.1, -0.05) is 15.9 Å². The van der Waals surface area contributed by atoms with E-state index < -0.39 is 12.4 Å². The summed E-state index contributed by atoms with van der Waals surface area (Å²) < 4.78 is 37.3. The minimum absolute atomic E-state index is 0.00866. The van der Waals surface area contributed by atoms with Gasteiger partial charge in [0.2, 0.25) is 5.95 Å². The van der Waals surface area contributed by atoms with E-state index >= 15 is 0 Å². The maximum atomic E-state index is 12.6. The highest BCUT2D eigenvalue weighted by atomic mass is 79.9. The summed E-state index contributed by atoms with van der Waals surface area (Å²) in [6.07, 6.45) is -2.71. The molecule has 0 aliphatic rings. The number of hydrogen-bond donors (Lipinski definition) is 0. The predicted molar refractivity (Wildman–Crippen MR) is 46.4 cm³/mol. The van der Waals surface area contributed by atoms with Crippen molar-refractivity contribution in [3.8, 4) is 0 Å². The summed E-state index contributed by atoms with van der Waals surface area (Å²) in [6.45, 7) is 0. The Morgan fingerprint density at radius 1 is 1.54 bits per heavy atom. The second-order valence-electron chi connectivity index (χ2n) is 2.22. The van der Waals surface area contributed by atoms with E-state index in [1.807, 2.05) is 0 Å². The lowest BCUT2D eigenvalue weighted by Gasteiger charge is -2.07. The van der Waals surface area contributed by atoms with Crippen molar-refractivity contribution in [1.29, 1.82) is 0 Å². The number of pyridine rings is 1. The Labute approximate surface area is 86.0 Å². The zero-order valence-corrected chi connectivity index (χ0v) is 8.54. The molecule has 0 radical (unpaired) electrons. The van der Waals surface area contributed by atoms with Gasteiger partial charge in [-0.25, -0.2) is 13.8 Å². The van der Waals surface area contributed by atoms with Gasteiger partial charge in [-0.05, 0) is 0 Å². The number of rotatable bonds is 2. The fraction of sp³-hybridized carbons (Fsp3) is 0.286. The first kappa shape index (κ1) is 10.8. The molecule has 0 N–H and O–H groups in total. The molecule has 0 bridgehead atoms. The van der Waals surface area contributed by atoms with Gasteiger partial charge < -0.3 is 0 Å². The summed E-state index contributed by atoms with van der Waals surface area (Å²) in [7, 11) is 0. The molecule has 0 amide bonds. The molecule has 0 saturated heterocycles. The molecule has 0 aromatic carbocycles. The highest BCUT2D eigenvalue weighted by Crippen LogP contribution is 2.30. The van der Waals surface area contributed by atoms with Crippen molar-refractivity contribution in [3.63, 3.8) is 0 Å². The summed E-state index contributed by atoms with van der Waals surface area (Å²) in [5.74, 6) is -1.07. The highest BCUT2D eigenvalue weighted by molar-refractivity contribution is 9.10. The van der Waals surface area contributed by atoms with Crippen LogP contribution in [-0.4, -0.2) is 4.98 Å². The van der Waals surface area contributed by atoms with Crippen LogP contribution in [0, 0.1) is 5.95 Å². The van der Waals surface area contributed by atoms with Crippen LogP contribution < -0.4 is 0 Å². The van der Waals surface area contributed by atoms with Crippen LogP contribution >= 0.6 is 27.5 Å². The second-order valence-corrected chi connectivity index (χ2v) is 3.34. The lowest BCUT2D eigenvalue weighted by Crippen LogP contribution is -2.00. The van der Waals surface area contributed by atoms with Gasteiger partial charge in [0.05, 0.1) is 17.1 Å². The first-order chi connectivity index (χ1) is 6.06. The van der Waals surface area contributed by atoms with Crippen LogP contribution in [0.2, 0.25) is 0 Å². The molecule has 1 aromatic heterocycles. The average Bonchev–Trinajstić information content (AvgIpc) is 2.01. The van der Waals surface area contributed by atoms with E-state index in [9.17, 15) is 13.2 Å². The summed E-state index contributed by atoms with van der Waals surface area (Å²) in [4.78, 5) is 3.27. The van der Waals surface area contributed by atoms with E-state index in [1.54, 1.807) is 0 Å². The second kappa shape index (κ2) is 4.28. The predicted octanol–water partition coefficient (Wildman–Crippen LogP) is 3.66. The molecule has 0 unspecified atom stereocenters. The Bertz CT molecular complexity index is 319. The SMILES string of the molecule is Fc1cc(Br)c(C(F)F)c(CCl)n1. The van der Waals surface area contributed by atoms with E-state index in [1.165, 1.54) is 0 Å². The zero-order valence-electron chi connectivity index (χ0n) is 6.20. The van der Waals surface area contributed by atoms with Crippen LogP contribution in [0.5, 0.6) is 0 Å². The lowest BCUT2D eigenvalue weighted by molar-refractivity contribution is 0.149. The van der Waals surface area contributed by atoms with Crippen molar-refractivity contribution in [2.45, 2.75) is 12.3 Å². The van der Waals surface area contributed by atoms with Gasteiger partial charge in [0.1, 0.15) is 0 Å². The summed E-state index contributed by atoms with van der Waals surface area (Å²) in [5.41, 5.74) is -0.486. The van der Waals surface area contributed by atoms with Gasteiger partial charge in [0, 0.05) is 10.5 Å². The fourth-order valence-electron chi connectivity index (χ4n) is 0.874. The molecular weight excluding hydrogens is 270 g/mol. The molecule has 1 aromatic rings. The molecule has 0 saturated carbocycles. The van der Waals surface area contributed by atoms with Gasteiger partial charge in [-0.15, -0.1) is 11.6 Å². The van der Waals surface area contributed by atoms with Crippen LogP contribution in [0.1, 0.15) is 17.7 Å². The molecule has 72 valence electrons. The van der Waals surface area contributed by atoms with Crippen LogP contribution in [0.4, 0.5) is 13.2 Å². The van der Waals surface area contributed by atoms with Gasteiger partial charge in [-0.3, -0.25) is 0 Å². The molecule has 1 nitrogen and oxygen atoms in total. The van der Waals surface area contributed by atoms with Crippen molar-refractivity contribution in [1.82, 2.24) is 4.98 Å². The van der Waals surface area contributed by atoms with E-state index in [0.29, 0.717) is 0 Å². The molecule has 0 aliphatic carbocycles. The Hall–Kier alpha value is -0.290. The molecule has 0 fully saturated rings. The minimum Gasteiger partial charge on any atom is -0.223 e. The summed E-state index contributed by atoms with van der Waals surface area (Å²) in [5, 5.41) is 0. The highest BCUT2D eigenvalue weighted by Gasteiger charge is 2.18. The standard InChI is InChI=1S/C7H4BrClF3N/c8-3-1-5(10)13-4(2-9)6(3)7(11)12/h1,7H,2H2. The van der Waals surface area contributed by atoms with Gasteiger partial charge in [0.25, 0.3) is 6.43 Å². The van der Waals surface area contributed by atoms with Crippen molar-refractivity contribution in [3.05, 3.63) is 27.7 Å². The zero-order chi connectivity index (χ0) is 10.0. The molecule has 0 aliphatic heterocycles. The number of nitrogens with zero attached hydrogens (tertiary/aromatic N) is 1. The van der Waals surface area contributed by atoms with E-state index in [4.69, 9.17) is 11.6 Å². The number of aromatic nitrogens is 1. The maximum Gasteiger partial charge on any atom is 0.266 e. The van der Waals surface area contributed by atoms with Gasteiger partial charge in [0.15, 0.2) is 0 Å². The largest absolute Gasteiger partial charge is 0.266 e. The van der Waals surface area contributed by atoms with E-state index in [-0.39, 0.29) is 21.6 Å². The third kappa shape index (κ3) is 2.34. The lowest BCUT2D eigenvalue weighted by atomic mass is 10.2. The van der Waals surface area contributed by atoms with Crippen LogP contribution in [0.25, 0.3) is 0 Å². The van der Waals surface area contributed by atoms with Crippen molar-refractivity contribution in [2.75, 3.05) is 0 Å². The van der Waals surface area contributed by atoms with Gasteiger partial charge >= 0.3 is 0 Å². The molecule has 13 heavy (non-hydrogen) atoms. The summed E-state index contributed by atoms with van der Waals surface area (Å²) >= 11 is 8.16. The van der Waals surface area contributed by atoms with Crippen molar-refractivity contribution in [2.24, 2.45) is 0 Å². The summed E-state index contributed by atoms with van der Waals surface area (Å²) in [6, 6.07) is 0.886. The molecule has 1 rings (SSSR count). The Balaban J connectivity index is 3.30. The smallest absolute Gasteiger partial charge is 0.223 e. The van der Waals surface area contributed by atoms with Crippen LogP contribution in [0.3, 0.4) is 0 Å². The maximum absolute atomic E-state index is 12.6. The van der Waals surface area contributed by atoms with Crippen LogP contribution in [-0.2, 0) is 5.88 Å². The quantitative estimate of drug-likeness (QED) is 0.592. The number of halogens is 5. The van der Waals surface area contributed by atoms with Crippen LogP contribution in [0.15, 0.2) is 10.5 Å². The minimum atomic E-state index is -2.71. The van der Waals surface area contributed by atoms with E-state index in [0.717, 1.165) is 6.07 Å². The Morgan fingerprint density at radius 2 is 2.15 bits per heavy atom. The Kier molecular flexibility index (Phi) is 3.55. The number of hydrogen-bond acceptors (Lipinski definition) is 1. The first-order valence-corrected chi connectivity index (χ1v) is 4.58. The normalized spacial score (nSPS) is 10.9. The van der Waals surface area contributed by atoms with Gasteiger partial charge in [-0.2, -0.15) is 4.39 Å². The Morgan fingerprint density at radius 3 is 2.62 bits per heavy atom. The molecular formula is C7H4BrClF3N. The fourth-order valence-corrected chi connectivity index (χ4v) is 1.67. The number of alkyl halides is 3. The molecule has 0 spiro atoms. The van der Waals surface area contributed by atoms with E-state index in [2.05, 4.69) is 20.9 Å². The topological polar surface area (TPSA) is 12.9 Å². The average molecular weight is 274 g/mol. The molecule has 1 heterocycles. The monoisotopic (exact) mass is 273 g/mol. The molecule has 6 heteroatoms. The van der Waals surface area contributed by atoms with Crippen molar-refractivity contribution < 1.29 is 13.2 Å². The third-order valence-corrected chi connectivity index (χ3v) is 2.31. The first-order valence-electron chi connectivity index (χ1n) is 3.25. The third-order valence-electron chi connectivity index (χ3n) is 1.40. The molecule has 0 atom stereocenters.